The van der Waals surface area contributed by atoms with Gasteiger partial charge < -0.3 is 15.4 Å². The van der Waals surface area contributed by atoms with E-state index in [1.165, 1.54) is 7.11 Å². The van der Waals surface area contributed by atoms with E-state index in [0.29, 0.717) is 0 Å². The summed E-state index contributed by atoms with van der Waals surface area (Å²) in [6.07, 6.45) is 0.174. The van der Waals surface area contributed by atoms with E-state index in [-0.39, 0.29) is 43.3 Å². The van der Waals surface area contributed by atoms with Gasteiger partial charge in [0.15, 0.2) is 0 Å². The van der Waals surface area contributed by atoms with Gasteiger partial charge in [-0.25, -0.2) is 0 Å². The van der Waals surface area contributed by atoms with Crippen molar-refractivity contribution in [2.24, 2.45) is 0 Å². The minimum Gasteiger partial charge on any atom is -0.469 e. The van der Waals surface area contributed by atoms with Crippen LogP contribution in [0.4, 0.5) is 5.69 Å². The Kier molecular flexibility index (Phi) is 8.37. The van der Waals surface area contributed by atoms with Crippen molar-refractivity contribution in [3.05, 3.63) is 30.3 Å². The lowest BCUT2D eigenvalue weighted by Gasteiger charge is -2.13. The van der Waals surface area contributed by atoms with Gasteiger partial charge in [-0.3, -0.25) is 9.59 Å². The lowest BCUT2D eigenvalue weighted by Crippen LogP contribution is -2.38. The molecule has 0 saturated heterocycles. The second-order valence-corrected chi connectivity index (χ2v) is 3.97. The van der Waals surface area contributed by atoms with E-state index in [0.717, 1.165) is 5.69 Å². The fourth-order valence-corrected chi connectivity index (χ4v) is 1.45. The predicted octanol–water partition coefficient (Wildman–Crippen LogP) is 1.59. The molecule has 19 heavy (non-hydrogen) atoms. The van der Waals surface area contributed by atoms with Crippen LogP contribution in [0, 0.1) is 0 Å². The lowest BCUT2D eigenvalue weighted by atomic mass is 10.2. The second kappa shape index (κ2) is 9.22. The number of halogens is 1. The number of hydrogen-bond acceptors (Lipinski definition) is 4. The maximum Gasteiger partial charge on any atom is 0.307 e. The van der Waals surface area contributed by atoms with E-state index in [9.17, 15) is 9.59 Å². The van der Waals surface area contributed by atoms with Crippen molar-refractivity contribution in [2.75, 3.05) is 19.0 Å². The molecule has 0 aromatic heterocycles. The van der Waals surface area contributed by atoms with Gasteiger partial charge in [0.05, 0.1) is 20.1 Å². The average Bonchev–Trinajstić information content (AvgIpc) is 2.37. The molecule has 1 aromatic rings. The average molecular weight is 287 g/mol. The molecule has 2 N–H and O–H groups in total. The van der Waals surface area contributed by atoms with Crippen LogP contribution < -0.4 is 10.6 Å². The number of hydrogen-bond donors (Lipinski definition) is 2. The van der Waals surface area contributed by atoms with Gasteiger partial charge in [-0.2, -0.15) is 0 Å². The molecule has 0 fully saturated rings. The van der Waals surface area contributed by atoms with Crippen molar-refractivity contribution in [3.8, 4) is 0 Å². The summed E-state index contributed by atoms with van der Waals surface area (Å²) < 4.78 is 4.53. The maximum atomic E-state index is 11.6. The lowest BCUT2D eigenvalue weighted by molar-refractivity contribution is -0.141. The molecule has 6 heteroatoms. The summed E-state index contributed by atoms with van der Waals surface area (Å²) in [7, 11) is 1.33. The van der Waals surface area contributed by atoms with Gasteiger partial charge in [0.2, 0.25) is 5.91 Å². The zero-order valence-electron chi connectivity index (χ0n) is 11.0. The number of esters is 1. The van der Waals surface area contributed by atoms with Crippen molar-refractivity contribution in [2.45, 2.75) is 19.4 Å². The largest absolute Gasteiger partial charge is 0.469 e. The summed E-state index contributed by atoms with van der Waals surface area (Å²) in [6.45, 7) is 1.94. The zero-order chi connectivity index (χ0) is 13.4. The Morgan fingerprint density at radius 3 is 2.47 bits per heavy atom. The minimum absolute atomic E-state index is 0. The van der Waals surface area contributed by atoms with E-state index >= 15 is 0 Å². The Bertz CT molecular complexity index is 398. The summed E-state index contributed by atoms with van der Waals surface area (Å²) in [6, 6.07) is 9.21. The molecule has 0 aliphatic heterocycles. The molecule has 1 rings (SSSR count). The molecule has 1 unspecified atom stereocenters. The van der Waals surface area contributed by atoms with Crippen molar-refractivity contribution in [1.82, 2.24) is 5.32 Å². The van der Waals surface area contributed by atoms with Gasteiger partial charge in [0, 0.05) is 11.7 Å². The van der Waals surface area contributed by atoms with E-state index in [1.54, 1.807) is 6.92 Å². The van der Waals surface area contributed by atoms with E-state index < -0.39 is 0 Å². The topological polar surface area (TPSA) is 67.4 Å². The second-order valence-electron chi connectivity index (χ2n) is 3.97. The van der Waals surface area contributed by atoms with Gasteiger partial charge in [-0.15, -0.1) is 12.4 Å². The molecule has 0 aliphatic carbocycles. The number of ether oxygens (including phenoxy) is 1. The minimum atomic E-state index is -0.334. The van der Waals surface area contributed by atoms with Crippen molar-refractivity contribution < 1.29 is 14.3 Å². The molecule has 1 aromatic carbocycles. The van der Waals surface area contributed by atoms with Crippen LogP contribution in [0.2, 0.25) is 0 Å². The Hall–Kier alpha value is -1.75. The van der Waals surface area contributed by atoms with Crippen molar-refractivity contribution in [3.63, 3.8) is 0 Å². The molecule has 1 amide bonds. The predicted molar refractivity (Wildman–Crippen MR) is 76.4 cm³/mol. The zero-order valence-corrected chi connectivity index (χ0v) is 11.8. The maximum absolute atomic E-state index is 11.6. The first kappa shape index (κ1) is 17.2. The smallest absolute Gasteiger partial charge is 0.307 e. The summed E-state index contributed by atoms with van der Waals surface area (Å²) in [5, 5.41) is 5.70. The highest BCUT2D eigenvalue weighted by Gasteiger charge is 2.11. The molecule has 1 atom stereocenters. The van der Waals surface area contributed by atoms with Crippen LogP contribution in [0.3, 0.4) is 0 Å². The van der Waals surface area contributed by atoms with Crippen LogP contribution in [0.1, 0.15) is 13.3 Å². The Balaban J connectivity index is 0.00000324. The number of carbonyl (C=O) groups is 2. The third kappa shape index (κ3) is 7.31. The van der Waals surface area contributed by atoms with Gasteiger partial charge in [-0.05, 0) is 19.1 Å². The molecular weight excluding hydrogens is 268 g/mol. The van der Waals surface area contributed by atoms with Crippen LogP contribution in [-0.4, -0.2) is 31.6 Å². The molecule has 0 radical (unpaired) electrons. The summed E-state index contributed by atoms with van der Waals surface area (Å²) >= 11 is 0. The number of amides is 1. The molecule has 0 aliphatic rings. The van der Waals surface area contributed by atoms with Crippen LogP contribution in [0.25, 0.3) is 0 Å². The number of rotatable bonds is 6. The van der Waals surface area contributed by atoms with E-state index in [2.05, 4.69) is 15.4 Å². The molecule has 0 heterocycles. The third-order valence-corrected chi connectivity index (χ3v) is 2.33. The fourth-order valence-electron chi connectivity index (χ4n) is 1.45. The first-order valence-electron chi connectivity index (χ1n) is 5.77. The monoisotopic (exact) mass is 286 g/mol. The third-order valence-electron chi connectivity index (χ3n) is 2.33. The SMILES string of the molecule is COC(=O)CC(C)NC(=O)CNc1ccccc1.Cl. The first-order chi connectivity index (χ1) is 8.61. The quantitative estimate of drug-likeness (QED) is 0.779. The molecule has 0 bridgehead atoms. The summed E-state index contributed by atoms with van der Waals surface area (Å²) in [5.41, 5.74) is 0.883. The number of methoxy groups -OCH3 is 1. The summed E-state index contributed by atoms with van der Waals surface area (Å²) in [4.78, 5) is 22.6. The Morgan fingerprint density at radius 2 is 1.89 bits per heavy atom. The van der Waals surface area contributed by atoms with E-state index in [1.807, 2.05) is 30.3 Å². The summed E-state index contributed by atoms with van der Waals surface area (Å²) in [5.74, 6) is -0.492. The van der Waals surface area contributed by atoms with Gasteiger partial charge in [0.1, 0.15) is 0 Å². The highest BCUT2D eigenvalue weighted by molar-refractivity contribution is 5.85. The standard InChI is InChI=1S/C13H18N2O3.ClH/c1-10(8-13(17)18-2)15-12(16)9-14-11-6-4-3-5-7-11;/h3-7,10,14H,8-9H2,1-2H3,(H,15,16);1H. The van der Waals surface area contributed by atoms with Gasteiger partial charge in [-0.1, -0.05) is 18.2 Å². The molecule has 106 valence electrons. The molecule has 5 nitrogen and oxygen atoms in total. The normalized spacial score (nSPS) is 10.8. The first-order valence-corrected chi connectivity index (χ1v) is 5.77. The number of carbonyl (C=O) groups excluding carboxylic acids is 2. The van der Waals surface area contributed by atoms with E-state index in [4.69, 9.17) is 0 Å². The Labute approximate surface area is 119 Å². The van der Waals surface area contributed by atoms with Crippen LogP contribution in [0.15, 0.2) is 30.3 Å². The van der Waals surface area contributed by atoms with Crippen molar-refractivity contribution in [1.29, 1.82) is 0 Å². The number of benzene rings is 1. The van der Waals surface area contributed by atoms with Crippen LogP contribution in [-0.2, 0) is 14.3 Å². The molecular formula is C13H19ClN2O3. The highest BCUT2D eigenvalue weighted by Crippen LogP contribution is 2.03. The van der Waals surface area contributed by atoms with Crippen LogP contribution >= 0.6 is 12.4 Å². The molecule has 0 spiro atoms. The van der Waals surface area contributed by atoms with Gasteiger partial charge >= 0.3 is 5.97 Å². The van der Waals surface area contributed by atoms with Crippen molar-refractivity contribution >= 4 is 30.0 Å². The number of nitrogens with one attached hydrogen (secondary N) is 2. The van der Waals surface area contributed by atoms with Crippen LogP contribution in [0.5, 0.6) is 0 Å². The Morgan fingerprint density at radius 1 is 1.26 bits per heavy atom. The van der Waals surface area contributed by atoms with Gasteiger partial charge in [0.25, 0.3) is 0 Å². The number of anilines is 1. The fraction of sp³-hybridized carbons (Fsp3) is 0.385. The molecule has 0 saturated carbocycles. The number of para-hydroxylation sites is 1. The highest BCUT2D eigenvalue weighted by atomic mass is 35.5.